The normalized spacial score (nSPS) is 25.1. The molecule has 0 amide bonds. The number of nitrogens with one attached hydrogen (secondary N) is 1. The molecular formula is C12H25NO4. The molecule has 1 heterocycles. The zero-order chi connectivity index (χ0) is 12.7. The molecule has 1 aliphatic rings. The van der Waals surface area contributed by atoms with Crippen LogP contribution in [0.5, 0.6) is 0 Å². The summed E-state index contributed by atoms with van der Waals surface area (Å²) in [4.78, 5) is 0. The average molecular weight is 247 g/mol. The molecule has 5 nitrogen and oxygen atoms in total. The fraction of sp³-hybridized carbons (Fsp3) is 1.00. The molecule has 0 radical (unpaired) electrons. The first kappa shape index (κ1) is 14.9. The van der Waals surface area contributed by atoms with Gasteiger partial charge in [-0.15, -0.1) is 0 Å². The monoisotopic (exact) mass is 247 g/mol. The van der Waals surface area contributed by atoms with Crippen LogP contribution in [0.2, 0.25) is 0 Å². The Hall–Kier alpha value is -0.200. The predicted molar refractivity (Wildman–Crippen MR) is 64.8 cm³/mol. The maximum absolute atomic E-state index is 9.37. The van der Waals surface area contributed by atoms with E-state index in [0.717, 1.165) is 19.5 Å². The second-order valence-corrected chi connectivity index (χ2v) is 4.84. The molecule has 5 heteroatoms. The minimum atomic E-state index is -0.512. The molecule has 0 aromatic heterocycles. The molecule has 0 aromatic rings. The molecule has 1 saturated heterocycles. The van der Waals surface area contributed by atoms with E-state index >= 15 is 0 Å². The van der Waals surface area contributed by atoms with Crippen LogP contribution in [0.15, 0.2) is 0 Å². The lowest BCUT2D eigenvalue weighted by Gasteiger charge is -2.22. The van der Waals surface area contributed by atoms with Crippen LogP contribution in [0, 0.1) is 5.92 Å². The van der Waals surface area contributed by atoms with Crippen molar-refractivity contribution in [3.8, 4) is 0 Å². The van der Waals surface area contributed by atoms with Crippen molar-refractivity contribution in [1.29, 1.82) is 0 Å². The van der Waals surface area contributed by atoms with E-state index < -0.39 is 5.79 Å². The molecule has 1 rings (SSSR count). The lowest BCUT2D eigenvalue weighted by Crippen LogP contribution is -2.32. The Morgan fingerprint density at radius 2 is 2.24 bits per heavy atom. The lowest BCUT2D eigenvalue weighted by molar-refractivity contribution is -0.146. The third-order valence-corrected chi connectivity index (χ3v) is 2.97. The molecular weight excluding hydrogens is 222 g/mol. The number of ether oxygens (including phenoxy) is 3. The maximum atomic E-state index is 9.37. The number of aliphatic hydroxyl groups excluding tert-OH is 1. The minimum Gasteiger partial charge on any atom is -0.396 e. The number of rotatable bonds is 8. The van der Waals surface area contributed by atoms with Crippen LogP contribution in [-0.4, -0.2) is 57.0 Å². The first-order valence-electron chi connectivity index (χ1n) is 6.21. The molecule has 0 spiro atoms. The van der Waals surface area contributed by atoms with Gasteiger partial charge in [0.25, 0.3) is 0 Å². The van der Waals surface area contributed by atoms with Gasteiger partial charge in [-0.2, -0.15) is 0 Å². The van der Waals surface area contributed by atoms with Crippen LogP contribution in [0.25, 0.3) is 0 Å². The smallest absolute Gasteiger partial charge is 0.163 e. The van der Waals surface area contributed by atoms with E-state index in [2.05, 4.69) is 5.32 Å². The van der Waals surface area contributed by atoms with E-state index in [0.29, 0.717) is 13.2 Å². The maximum Gasteiger partial charge on any atom is 0.163 e. The highest BCUT2D eigenvalue weighted by Gasteiger charge is 2.36. The fourth-order valence-electron chi connectivity index (χ4n) is 1.93. The summed E-state index contributed by atoms with van der Waals surface area (Å²) in [6.45, 7) is 6.90. The average Bonchev–Trinajstić information content (AvgIpc) is 2.64. The Balaban J connectivity index is 2.20. The van der Waals surface area contributed by atoms with Crippen LogP contribution in [-0.2, 0) is 14.2 Å². The van der Waals surface area contributed by atoms with Crippen molar-refractivity contribution < 1.29 is 19.3 Å². The Morgan fingerprint density at radius 3 is 2.76 bits per heavy atom. The van der Waals surface area contributed by atoms with Crippen molar-refractivity contribution in [2.45, 2.75) is 32.2 Å². The third kappa shape index (κ3) is 5.31. The Labute approximate surface area is 103 Å². The first-order chi connectivity index (χ1) is 8.09. The molecule has 17 heavy (non-hydrogen) atoms. The number of aliphatic hydroxyl groups is 1. The highest BCUT2D eigenvalue weighted by Crippen LogP contribution is 2.27. The zero-order valence-corrected chi connectivity index (χ0v) is 11.1. The van der Waals surface area contributed by atoms with Gasteiger partial charge in [0.05, 0.1) is 19.3 Å². The van der Waals surface area contributed by atoms with E-state index in [4.69, 9.17) is 14.2 Å². The van der Waals surface area contributed by atoms with E-state index in [1.807, 2.05) is 13.8 Å². The summed E-state index contributed by atoms with van der Waals surface area (Å²) >= 11 is 0. The first-order valence-corrected chi connectivity index (χ1v) is 6.21. The van der Waals surface area contributed by atoms with Gasteiger partial charge in [0, 0.05) is 26.2 Å². The second kappa shape index (κ2) is 7.28. The Bertz CT molecular complexity index is 211. The van der Waals surface area contributed by atoms with Crippen molar-refractivity contribution in [2.24, 2.45) is 5.92 Å². The van der Waals surface area contributed by atoms with Gasteiger partial charge in [-0.25, -0.2) is 0 Å². The summed E-state index contributed by atoms with van der Waals surface area (Å²) in [6, 6.07) is 0. The highest BCUT2D eigenvalue weighted by atomic mass is 16.7. The van der Waals surface area contributed by atoms with Crippen LogP contribution < -0.4 is 5.32 Å². The summed E-state index contributed by atoms with van der Waals surface area (Å²) in [5, 5.41) is 12.6. The van der Waals surface area contributed by atoms with E-state index in [-0.39, 0.29) is 18.6 Å². The molecule has 0 aliphatic carbocycles. The Morgan fingerprint density at radius 1 is 1.47 bits per heavy atom. The van der Waals surface area contributed by atoms with Gasteiger partial charge in [-0.3, -0.25) is 0 Å². The quantitative estimate of drug-likeness (QED) is 0.607. The molecule has 0 saturated carbocycles. The topological polar surface area (TPSA) is 60.0 Å². The summed E-state index contributed by atoms with van der Waals surface area (Å²) in [6.07, 6.45) is 0.879. The van der Waals surface area contributed by atoms with Gasteiger partial charge in [0.1, 0.15) is 0 Å². The van der Waals surface area contributed by atoms with Crippen LogP contribution in [0.1, 0.15) is 20.3 Å². The second-order valence-electron chi connectivity index (χ2n) is 4.84. The summed E-state index contributed by atoms with van der Waals surface area (Å²) in [7, 11) is 1.68. The van der Waals surface area contributed by atoms with E-state index in [1.165, 1.54) is 0 Å². The van der Waals surface area contributed by atoms with Gasteiger partial charge in [-0.05, 0) is 26.8 Å². The van der Waals surface area contributed by atoms with Crippen molar-refractivity contribution in [2.75, 3.05) is 40.0 Å². The van der Waals surface area contributed by atoms with Crippen molar-refractivity contribution >= 4 is 0 Å². The predicted octanol–water partition coefficient (Wildman–Crippen LogP) is 0.373. The largest absolute Gasteiger partial charge is 0.396 e. The van der Waals surface area contributed by atoms with Gasteiger partial charge >= 0.3 is 0 Å². The minimum absolute atomic E-state index is 0.000717. The number of hydrogen-bond acceptors (Lipinski definition) is 5. The van der Waals surface area contributed by atoms with Crippen molar-refractivity contribution in [3.05, 3.63) is 0 Å². The van der Waals surface area contributed by atoms with Gasteiger partial charge in [0.2, 0.25) is 0 Å². The van der Waals surface area contributed by atoms with Gasteiger partial charge in [-0.1, -0.05) is 0 Å². The van der Waals surface area contributed by atoms with Crippen LogP contribution >= 0.6 is 0 Å². The Kier molecular flexibility index (Phi) is 6.37. The fourth-order valence-corrected chi connectivity index (χ4v) is 1.93. The van der Waals surface area contributed by atoms with Crippen LogP contribution in [0.4, 0.5) is 0 Å². The number of methoxy groups -OCH3 is 1. The SMILES string of the molecule is COCCNCCC(CO)C1COC(C)(C)O1. The summed E-state index contributed by atoms with van der Waals surface area (Å²) in [5.41, 5.74) is 0. The molecule has 2 atom stereocenters. The van der Waals surface area contributed by atoms with E-state index in [1.54, 1.807) is 7.11 Å². The van der Waals surface area contributed by atoms with Crippen molar-refractivity contribution in [3.63, 3.8) is 0 Å². The van der Waals surface area contributed by atoms with Gasteiger partial charge in [0.15, 0.2) is 5.79 Å². The number of hydrogen-bond donors (Lipinski definition) is 2. The molecule has 2 N–H and O–H groups in total. The molecule has 0 aromatic carbocycles. The highest BCUT2D eigenvalue weighted by molar-refractivity contribution is 4.78. The summed E-state index contributed by atoms with van der Waals surface area (Å²) in [5.74, 6) is -0.381. The summed E-state index contributed by atoms with van der Waals surface area (Å²) < 4.78 is 16.2. The standard InChI is InChI=1S/C12H25NO4/c1-12(2)16-9-11(17-12)10(8-14)4-5-13-6-7-15-3/h10-11,13-14H,4-9H2,1-3H3. The molecule has 102 valence electrons. The lowest BCUT2D eigenvalue weighted by atomic mass is 10.00. The van der Waals surface area contributed by atoms with Crippen molar-refractivity contribution in [1.82, 2.24) is 5.32 Å². The molecule has 2 unspecified atom stereocenters. The van der Waals surface area contributed by atoms with Gasteiger partial charge < -0.3 is 24.6 Å². The molecule has 0 bridgehead atoms. The molecule has 1 aliphatic heterocycles. The zero-order valence-electron chi connectivity index (χ0n) is 11.1. The third-order valence-electron chi connectivity index (χ3n) is 2.97. The van der Waals surface area contributed by atoms with E-state index in [9.17, 15) is 5.11 Å². The molecule has 1 fully saturated rings. The van der Waals surface area contributed by atoms with Crippen LogP contribution in [0.3, 0.4) is 0 Å².